The summed E-state index contributed by atoms with van der Waals surface area (Å²) in [5.74, 6) is 1.62. The highest BCUT2D eigenvalue weighted by atomic mass is 15.5. The van der Waals surface area contributed by atoms with Crippen LogP contribution in [-0.2, 0) is 19.5 Å². The van der Waals surface area contributed by atoms with Crippen molar-refractivity contribution in [3.05, 3.63) is 93.4 Å². The van der Waals surface area contributed by atoms with Crippen LogP contribution in [0, 0.1) is 20.8 Å². The molecule has 3 heteroatoms. The van der Waals surface area contributed by atoms with E-state index in [4.69, 9.17) is 0 Å². The second-order valence-corrected chi connectivity index (χ2v) is 11.2. The van der Waals surface area contributed by atoms with Crippen molar-refractivity contribution in [2.24, 2.45) is 0 Å². The average Bonchev–Trinajstić information content (AvgIpc) is 2.97. The van der Waals surface area contributed by atoms with Gasteiger partial charge in [-0.15, -0.1) is 0 Å². The summed E-state index contributed by atoms with van der Waals surface area (Å²) >= 11 is 0. The highest BCUT2D eigenvalue weighted by molar-refractivity contribution is 5.48. The Balaban J connectivity index is 0.00000156. The fourth-order valence-corrected chi connectivity index (χ4v) is 7.31. The molecule has 0 bridgehead atoms. The Kier molecular flexibility index (Phi) is 8.23. The summed E-state index contributed by atoms with van der Waals surface area (Å²) in [5, 5.41) is 0. The maximum atomic E-state index is 4.65. The Morgan fingerprint density at radius 3 is 2.14 bits per heavy atom. The number of nitrogens with zero attached hydrogens (tertiary/aromatic N) is 3. The van der Waals surface area contributed by atoms with Crippen molar-refractivity contribution in [3.8, 4) is 0 Å². The first-order valence-electron chi connectivity index (χ1n) is 14.6. The molecule has 1 unspecified atom stereocenters. The predicted molar refractivity (Wildman–Crippen MR) is 159 cm³/mol. The Labute approximate surface area is 226 Å². The van der Waals surface area contributed by atoms with Gasteiger partial charge in [0.25, 0.3) is 0 Å². The van der Waals surface area contributed by atoms with Crippen LogP contribution in [0.3, 0.4) is 0 Å². The van der Waals surface area contributed by atoms with E-state index in [0.717, 1.165) is 52.0 Å². The molecule has 2 fully saturated rings. The second-order valence-electron chi connectivity index (χ2n) is 11.2. The van der Waals surface area contributed by atoms with Gasteiger partial charge in [0.1, 0.15) is 5.82 Å². The topological polar surface area (TPSA) is 9.72 Å². The highest BCUT2D eigenvalue weighted by Gasteiger charge is 2.52. The molecule has 2 saturated heterocycles. The number of piperidine rings is 1. The van der Waals surface area contributed by atoms with Crippen LogP contribution in [0.15, 0.2) is 54.5 Å². The molecular weight excluding hydrogens is 450 g/mol. The molecule has 0 aliphatic carbocycles. The van der Waals surface area contributed by atoms with Crippen molar-refractivity contribution in [2.45, 2.75) is 99.2 Å². The van der Waals surface area contributed by atoms with Gasteiger partial charge in [0, 0.05) is 44.3 Å². The molecule has 1 atom stereocenters. The molecule has 3 nitrogen and oxygen atoms in total. The number of hydrogen-bond donors (Lipinski definition) is 0. The predicted octanol–water partition coefficient (Wildman–Crippen LogP) is 7.84. The molecule has 3 heterocycles. The van der Waals surface area contributed by atoms with Crippen LogP contribution in [0.5, 0.6) is 0 Å². The van der Waals surface area contributed by atoms with E-state index in [0.29, 0.717) is 5.92 Å². The minimum atomic E-state index is 0.0720. The van der Waals surface area contributed by atoms with E-state index in [1.54, 1.807) is 5.56 Å². The standard InChI is InChI=1S/C32H43N3.C2H6/c1-8-28-17-24(5)18-29-21-34-26(7)35(9-2)32(30(34)19-25(6)31(28)29)10-12-33(13-11-32)20-27-15-22(3)14-23(4)16-27;1-2/h14-19,25H,7-13,20-21H2,1-6H3;1-2H3. The van der Waals surface area contributed by atoms with E-state index < -0.39 is 0 Å². The molecular formula is C34H49N3. The molecule has 37 heavy (non-hydrogen) atoms. The van der Waals surface area contributed by atoms with Crippen molar-refractivity contribution in [1.29, 1.82) is 0 Å². The number of hydrogen-bond acceptors (Lipinski definition) is 3. The maximum absolute atomic E-state index is 4.65. The smallest absolute Gasteiger partial charge is 0.102 e. The van der Waals surface area contributed by atoms with Gasteiger partial charge in [-0.25, -0.2) is 0 Å². The van der Waals surface area contributed by atoms with Crippen LogP contribution < -0.4 is 0 Å². The van der Waals surface area contributed by atoms with Crippen molar-refractivity contribution in [1.82, 2.24) is 14.7 Å². The van der Waals surface area contributed by atoms with E-state index in [-0.39, 0.29) is 5.54 Å². The monoisotopic (exact) mass is 499 g/mol. The first-order valence-corrected chi connectivity index (χ1v) is 14.6. The number of likely N-dealkylation sites (tertiary alicyclic amines) is 1. The summed E-state index contributed by atoms with van der Waals surface area (Å²) in [4.78, 5) is 7.85. The summed E-state index contributed by atoms with van der Waals surface area (Å²) in [5.41, 5.74) is 11.7. The molecule has 0 amide bonds. The third-order valence-electron chi connectivity index (χ3n) is 8.66. The van der Waals surface area contributed by atoms with E-state index >= 15 is 0 Å². The van der Waals surface area contributed by atoms with Gasteiger partial charge in [-0.05, 0) is 69.2 Å². The van der Waals surface area contributed by atoms with Crippen molar-refractivity contribution < 1.29 is 0 Å². The summed E-state index contributed by atoms with van der Waals surface area (Å²) < 4.78 is 0. The van der Waals surface area contributed by atoms with Crippen LogP contribution in [0.1, 0.15) is 92.3 Å². The van der Waals surface area contributed by atoms with Gasteiger partial charge in [0.2, 0.25) is 0 Å². The normalized spacial score (nSPS) is 20.7. The number of aryl methyl sites for hydroxylation is 4. The lowest BCUT2D eigenvalue weighted by Gasteiger charge is -2.45. The third kappa shape index (κ3) is 5.00. The van der Waals surface area contributed by atoms with Crippen LogP contribution in [0.2, 0.25) is 0 Å². The van der Waals surface area contributed by atoms with Crippen LogP contribution in [0.4, 0.5) is 0 Å². The Morgan fingerprint density at radius 2 is 1.54 bits per heavy atom. The molecule has 2 aromatic rings. The lowest BCUT2D eigenvalue weighted by atomic mass is 9.81. The maximum Gasteiger partial charge on any atom is 0.102 e. The number of allylic oxidation sites excluding steroid dienone is 1. The van der Waals surface area contributed by atoms with Gasteiger partial charge >= 0.3 is 0 Å². The molecule has 0 radical (unpaired) electrons. The van der Waals surface area contributed by atoms with Gasteiger partial charge in [-0.2, -0.15) is 0 Å². The zero-order chi connectivity index (χ0) is 26.9. The lowest BCUT2D eigenvalue weighted by Crippen LogP contribution is -2.52. The van der Waals surface area contributed by atoms with Crippen LogP contribution in [-0.4, -0.2) is 39.9 Å². The van der Waals surface area contributed by atoms with E-state index in [9.17, 15) is 0 Å². The second kappa shape index (κ2) is 11.1. The molecule has 0 saturated carbocycles. The summed E-state index contributed by atoms with van der Waals surface area (Å²) in [6, 6.07) is 11.8. The highest BCUT2D eigenvalue weighted by Crippen LogP contribution is 2.50. The molecule has 3 aliphatic rings. The quantitative estimate of drug-likeness (QED) is 0.424. The minimum Gasteiger partial charge on any atom is -0.347 e. The minimum absolute atomic E-state index is 0.0720. The fourth-order valence-electron chi connectivity index (χ4n) is 7.31. The zero-order valence-corrected chi connectivity index (χ0v) is 24.7. The van der Waals surface area contributed by atoms with Crippen molar-refractivity contribution in [2.75, 3.05) is 19.6 Å². The van der Waals surface area contributed by atoms with Crippen molar-refractivity contribution in [3.63, 3.8) is 0 Å². The first-order chi connectivity index (χ1) is 17.8. The Hall–Kier alpha value is -2.52. The third-order valence-corrected chi connectivity index (χ3v) is 8.66. The molecule has 0 N–H and O–H groups in total. The van der Waals surface area contributed by atoms with E-state index in [1.807, 2.05) is 13.8 Å². The largest absolute Gasteiger partial charge is 0.347 e. The average molecular weight is 500 g/mol. The van der Waals surface area contributed by atoms with Crippen molar-refractivity contribution >= 4 is 0 Å². The van der Waals surface area contributed by atoms with E-state index in [1.165, 1.54) is 44.9 Å². The summed E-state index contributed by atoms with van der Waals surface area (Å²) in [6.07, 6.45) is 6.02. The van der Waals surface area contributed by atoms with Crippen LogP contribution in [0.25, 0.3) is 0 Å². The van der Waals surface area contributed by atoms with Gasteiger partial charge in [0.05, 0.1) is 5.54 Å². The molecule has 0 aromatic heterocycles. The molecule has 5 rings (SSSR count). The zero-order valence-electron chi connectivity index (χ0n) is 24.7. The Morgan fingerprint density at radius 1 is 0.919 bits per heavy atom. The fraction of sp³-hybridized carbons (Fsp3) is 0.529. The Bertz CT molecular complexity index is 1150. The molecule has 200 valence electrons. The summed E-state index contributed by atoms with van der Waals surface area (Å²) in [6.45, 7) is 27.6. The van der Waals surface area contributed by atoms with Gasteiger partial charge < -0.3 is 9.80 Å². The number of benzene rings is 2. The first kappa shape index (κ1) is 27.5. The summed E-state index contributed by atoms with van der Waals surface area (Å²) in [7, 11) is 0. The van der Waals surface area contributed by atoms with E-state index in [2.05, 4.69) is 99.2 Å². The lowest BCUT2D eigenvalue weighted by molar-refractivity contribution is 0.0890. The number of fused-ring (bicyclic) bond motifs is 3. The SMILES string of the molecule is C=C1N2Cc3cc(C)cc(CC)c3C(C)C=C2C2(CCN(Cc3cc(C)cc(C)c3)CC2)N1CC.CC. The molecule has 2 aromatic carbocycles. The molecule has 1 spiro atoms. The van der Waals surface area contributed by atoms with Gasteiger partial charge in [0.15, 0.2) is 0 Å². The molecule has 3 aliphatic heterocycles. The number of likely N-dealkylation sites (N-methyl/N-ethyl adjacent to an activating group) is 1. The van der Waals surface area contributed by atoms with Gasteiger partial charge in [-0.1, -0.05) is 87.4 Å². The van der Waals surface area contributed by atoms with Gasteiger partial charge in [-0.3, -0.25) is 4.90 Å². The van der Waals surface area contributed by atoms with Crippen LogP contribution >= 0.6 is 0 Å². The number of rotatable bonds is 4.